The fraction of sp³-hybridized carbons (Fsp3) is 0.500. The molecule has 0 amide bonds. The molecule has 0 aromatic carbocycles. The fourth-order valence-corrected chi connectivity index (χ4v) is 0.863. The number of rotatable bonds is 6. The van der Waals surface area contributed by atoms with Crippen LogP contribution in [0.5, 0.6) is 0 Å². The Bertz CT molecular complexity index is 201. The molecule has 0 aliphatic heterocycles. The van der Waals surface area contributed by atoms with Crippen LogP contribution in [-0.4, -0.2) is 37.3 Å². The third kappa shape index (κ3) is 4.48. The maximum atomic E-state index is 10.8. The Labute approximate surface area is 79.9 Å². The van der Waals surface area contributed by atoms with Crippen molar-refractivity contribution in [3.63, 3.8) is 0 Å². The number of esters is 1. The normalized spacial score (nSPS) is 14.3. The Kier molecular flexibility index (Phi) is 5.07. The zero-order valence-corrected chi connectivity index (χ0v) is 8.45. The van der Waals surface area contributed by atoms with Crippen molar-refractivity contribution in [2.75, 3.05) is 26.9 Å². The summed E-state index contributed by atoms with van der Waals surface area (Å²) >= 11 is 0. The van der Waals surface area contributed by atoms with Crippen LogP contribution in [0.3, 0.4) is 0 Å². The molecular weight excluding hydrogens is 166 g/mol. The Hall–Kier alpha value is -1.09. The van der Waals surface area contributed by atoms with Crippen LogP contribution in [0.25, 0.3) is 0 Å². The van der Waals surface area contributed by atoms with Gasteiger partial charge in [0.15, 0.2) is 0 Å². The van der Waals surface area contributed by atoms with Crippen molar-refractivity contribution >= 4 is 5.97 Å². The molecule has 0 saturated heterocycles. The summed E-state index contributed by atoms with van der Waals surface area (Å²) in [5.41, 5.74) is 0. The predicted octanol–water partition coefficient (Wildman–Crippen LogP) is 1.33. The zero-order valence-electron chi connectivity index (χ0n) is 8.45. The Balaban J connectivity index is 4.03. The molecule has 0 N–H and O–H groups in total. The van der Waals surface area contributed by atoms with Gasteiger partial charge in [-0.1, -0.05) is 13.2 Å². The third-order valence-electron chi connectivity index (χ3n) is 2.02. The molecule has 0 rings (SSSR count). The average molecular weight is 184 g/mol. The number of ether oxygens (including phenoxy) is 1. The third-order valence-corrected chi connectivity index (χ3v) is 2.02. The first-order chi connectivity index (χ1) is 6.08. The van der Waals surface area contributed by atoms with Crippen LogP contribution >= 0.6 is 0 Å². The number of likely N-dealkylation sites (N-methyl/N-ethyl adjacent to an activating group) is 1. The highest BCUT2D eigenvalue weighted by atomic mass is 16.5. The van der Waals surface area contributed by atoms with E-state index in [4.69, 9.17) is 4.74 Å². The highest BCUT2D eigenvalue weighted by Crippen LogP contribution is 2.02. The van der Waals surface area contributed by atoms with Crippen LogP contribution in [0.2, 0.25) is 0 Å². The summed E-state index contributed by atoms with van der Waals surface area (Å²) in [4.78, 5) is 10.8. The number of hydrogen-bond donors (Lipinski definition) is 0. The molecule has 0 radical (unpaired) electrons. The van der Waals surface area contributed by atoms with Gasteiger partial charge in [0.1, 0.15) is 0 Å². The van der Waals surface area contributed by atoms with E-state index in [2.05, 4.69) is 13.2 Å². The summed E-state index contributed by atoms with van der Waals surface area (Å²) in [6.45, 7) is 11.1. The van der Waals surface area contributed by atoms with E-state index >= 15 is 0 Å². The van der Waals surface area contributed by atoms with Gasteiger partial charge in [0.2, 0.25) is 6.73 Å². The van der Waals surface area contributed by atoms with Gasteiger partial charge in [-0.2, -0.15) is 0 Å². The summed E-state index contributed by atoms with van der Waals surface area (Å²) in [6.07, 6.45) is 3.00. The van der Waals surface area contributed by atoms with Crippen molar-refractivity contribution in [2.24, 2.45) is 0 Å². The molecule has 0 saturated carbocycles. The van der Waals surface area contributed by atoms with Gasteiger partial charge in [0.05, 0.1) is 20.1 Å². The Morgan fingerprint density at radius 1 is 1.54 bits per heavy atom. The molecule has 0 fully saturated rings. The van der Waals surface area contributed by atoms with Crippen LogP contribution in [0.4, 0.5) is 0 Å². The van der Waals surface area contributed by atoms with E-state index in [0.717, 1.165) is 13.1 Å². The average Bonchev–Trinajstić information content (AvgIpc) is 2.15. The van der Waals surface area contributed by atoms with Gasteiger partial charge in [-0.3, -0.25) is 4.48 Å². The topological polar surface area (TPSA) is 26.3 Å². The molecule has 1 unspecified atom stereocenters. The zero-order chi connectivity index (χ0) is 10.3. The summed E-state index contributed by atoms with van der Waals surface area (Å²) in [5, 5.41) is 0. The quantitative estimate of drug-likeness (QED) is 0.205. The summed E-state index contributed by atoms with van der Waals surface area (Å²) in [5.74, 6) is -0.373. The predicted molar refractivity (Wildman–Crippen MR) is 52.9 cm³/mol. The molecule has 1 atom stereocenters. The number of hydrogen-bond acceptors (Lipinski definition) is 2. The highest BCUT2D eigenvalue weighted by molar-refractivity contribution is 5.81. The van der Waals surface area contributed by atoms with Crippen molar-refractivity contribution in [3.05, 3.63) is 25.3 Å². The maximum Gasteiger partial charge on any atom is 0.334 e. The van der Waals surface area contributed by atoms with E-state index < -0.39 is 0 Å². The van der Waals surface area contributed by atoms with Gasteiger partial charge in [0, 0.05) is 6.08 Å². The van der Waals surface area contributed by atoms with E-state index in [1.807, 2.05) is 20.0 Å². The van der Waals surface area contributed by atoms with Crippen LogP contribution < -0.4 is 0 Å². The smallest absolute Gasteiger partial charge is 0.334 e. The van der Waals surface area contributed by atoms with E-state index in [-0.39, 0.29) is 5.97 Å². The lowest BCUT2D eigenvalue weighted by atomic mass is 10.4. The van der Waals surface area contributed by atoms with Gasteiger partial charge in [-0.25, -0.2) is 4.79 Å². The van der Waals surface area contributed by atoms with Crippen molar-refractivity contribution in [1.29, 1.82) is 0 Å². The van der Waals surface area contributed by atoms with Gasteiger partial charge >= 0.3 is 5.97 Å². The number of nitrogens with zero attached hydrogens (tertiary/aromatic N) is 1. The summed E-state index contributed by atoms with van der Waals surface area (Å²) in [6, 6.07) is 0. The first kappa shape index (κ1) is 11.9. The number of carbonyl (C=O) groups excluding carboxylic acids is 1. The lowest BCUT2D eigenvalue weighted by Gasteiger charge is -2.30. The molecule has 0 aliphatic carbocycles. The van der Waals surface area contributed by atoms with Crippen LogP contribution in [0.1, 0.15) is 6.92 Å². The van der Waals surface area contributed by atoms with E-state index in [1.165, 1.54) is 6.08 Å². The second-order valence-corrected chi connectivity index (χ2v) is 3.20. The van der Waals surface area contributed by atoms with Gasteiger partial charge in [-0.05, 0) is 13.0 Å². The Morgan fingerprint density at radius 2 is 2.15 bits per heavy atom. The van der Waals surface area contributed by atoms with E-state index in [9.17, 15) is 4.79 Å². The minimum absolute atomic E-state index is 0.368. The molecule has 3 nitrogen and oxygen atoms in total. The molecular formula is C10H18NO2+. The first-order valence-electron chi connectivity index (χ1n) is 4.31. The summed E-state index contributed by atoms with van der Waals surface area (Å²) in [7, 11) is 2.01. The second-order valence-electron chi connectivity index (χ2n) is 3.20. The van der Waals surface area contributed by atoms with Crippen molar-refractivity contribution in [1.82, 2.24) is 0 Å². The first-order valence-corrected chi connectivity index (χ1v) is 4.31. The number of carbonyl (C=O) groups is 1. The SMILES string of the molecule is C=CC[N+](C)(CC)COC(=O)C=C. The molecule has 0 aliphatic rings. The molecule has 0 aromatic rings. The number of quaternary nitrogens is 1. The molecule has 0 aromatic heterocycles. The molecule has 3 heteroatoms. The van der Waals surface area contributed by atoms with Gasteiger partial charge < -0.3 is 4.74 Å². The standard InChI is InChI=1S/C10H18NO2/c1-5-8-11(4,7-3)9-13-10(12)6-2/h5-6H,1-2,7-9H2,3-4H3/q+1. The molecule has 0 bridgehead atoms. The second kappa shape index (κ2) is 5.54. The fourth-order valence-electron chi connectivity index (χ4n) is 0.863. The van der Waals surface area contributed by atoms with Crippen LogP contribution in [0, 0.1) is 0 Å². The van der Waals surface area contributed by atoms with E-state index in [0.29, 0.717) is 11.2 Å². The largest absolute Gasteiger partial charge is 0.412 e. The lowest BCUT2D eigenvalue weighted by molar-refractivity contribution is -0.918. The van der Waals surface area contributed by atoms with Crippen LogP contribution in [-0.2, 0) is 9.53 Å². The minimum atomic E-state index is -0.373. The van der Waals surface area contributed by atoms with Crippen molar-refractivity contribution in [3.8, 4) is 0 Å². The Morgan fingerprint density at radius 3 is 2.54 bits per heavy atom. The lowest BCUT2D eigenvalue weighted by Crippen LogP contribution is -2.46. The summed E-state index contributed by atoms with van der Waals surface area (Å²) < 4.78 is 5.62. The monoisotopic (exact) mass is 184 g/mol. The van der Waals surface area contributed by atoms with Crippen LogP contribution in [0.15, 0.2) is 25.3 Å². The molecule has 0 spiro atoms. The van der Waals surface area contributed by atoms with Crippen molar-refractivity contribution < 1.29 is 14.0 Å². The molecule has 13 heavy (non-hydrogen) atoms. The highest BCUT2D eigenvalue weighted by Gasteiger charge is 2.18. The van der Waals surface area contributed by atoms with E-state index in [1.54, 1.807) is 0 Å². The molecule has 74 valence electrons. The molecule has 0 heterocycles. The van der Waals surface area contributed by atoms with Gasteiger partial charge in [0.25, 0.3) is 0 Å². The van der Waals surface area contributed by atoms with Crippen molar-refractivity contribution in [2.45, 2.75) is 6.92 Å². The minimum Gasteiger partial charge on any atom is -0.412 e. The van der Waals surface area contributed by atoms with Gasteiger partial charge in [-0.15, -0.1) is 0 Å². The maximum absolute atomic E-state index is 10.8.